The molecule has 1 N–H and O–H groups in total. The largest absolute Gasteiger partial charge is 0.337 e. The van der Waals surface area contributed by atoms with E-state index >= 15 is 0 Å². The lowest BCUT2D eigenvalue weighted by Gasteiger charge is -2.32. The SMILES string of the molecule is CCS(=O)(=O)N1CCC(NC(C)c2nccn2C)CC1. The van der Waals surface area contributed by atoms with Crippen LogP contribution in [0.4, 0.5) is 0 Å². The molecule has 20 heavy (non-hydrogen) atoms. The minimum atomic E-state index is -3.03. The van der Waals surface area contributed by atoms with Crippen LogP contribution in [-0.4, -0.2) is 47.2 Å². The highest BCUT2D eigenvalue weighted by molar-refractivity contribution is 7.89. The molecule has 114 valence electrons. The van der Waals surface area contributed by atoms with Crippen molar-refractivity contribution >= 4 is 10.0 Å². The number of piperidine rings is 1. The van der Waals surface area contributed by atoms with E-state index in [-0.39, 0.29) is 11.8 Å². The maximum atomic E-state index is 11.8. The van der Waals surface area contributed by atoms with Crippen LogP contribution in [0.25, 0.3) is 0 Å². The van der Waals surface area contributed by atoms with Gasteiger partial charge in [-0.15, -0.1) is 0 Å². The third kappa shape index (κ3) is 3.39. The highest BCUT2D eigenvalue weighted by Crippen LogP contribution is 2.18. The standard InChI is InChI=1S/C13H24N4O2S/c1-4-20(18,19)17-8-5-12(6-9-17)15-11(2)13-14-7-10-16(13)3/h7,10-12,15H,4-6,8-9H2,1-3H3. The van der Waals surface area contributed by atoms with Gasteiger partial charge in [0.2, 0.25) is 10.0 Å². The first-order chi connectivity index (χ1) is 9.44. The van der Waals surface area contributed by atoms with Gasteiger partial charge in [-0.1, -0.05) is 0 Å². The van der Waals surface area contributed by atoms with Crippen molar-refractivity contribution in [2.75, 3.05) is 18.8 Å². The molecule has 1 aliphatic heterocycles. The Balaban J connectivity index is 1.88. The zero-order chi connectivity index (χ0) is 14.8. The van der Waals surface area contributed by atoms with E-state index in [9.17, 15) is 8.42 Å². The smallest absolute Gasteiger partial charge is 0.213 e. The molecule has 0 radical (unpaired) electrons. The summed E-state index contributed by atoms with van der Waals surface area (Å²) in [7, 11) is -1.05. The molecule has 1 aromatic rings. The van der Waals surface area contributed by atoms with Crippen molar-refractivity contribution in [2.45, 2.75) is 38.8 Å². The van der Waals surface area contributed by atoms with E-state index in [2.05, 4.69) is 17.2 Å². The lowest BCUT2D eigenvalue weighted by atomic mass is 10.1. The van der Waals surface area contributed by atoms with Gasteiger partial charge in [-0.25, -0.2) is 17.7 Å². The van der Waals surface area contributed by atoms with E-state index in [1.54, 1.807) is 17.4 Å². The number of nitrogens with zero attached hydrogens (tertiary/aromatic N) is 3. The van der Waals surface area contributed by atoms with Crippen LogP contribution in [0.5, 0.6) is 0 Å². The highest BCUT2D eigenvalue weighted by atomic mass is 32.2. The summed E-state index contributed by atoms with van der Waals surface area (Å²) in [6.07, 6.45) is 5.44. The van der Waals surface area contributed by atoms with Gasteiger partial charge in [-0.2, -0.15) is 0 Å². The fourth-order valence-electron chi connectivity index (χ4n) is 2.71. The number of sulfonamides is 1. The van der Waals surface area contributed by atoms with Crippen LogP contribution in [-0.2, 0) is 17.1 Å². The van der Waals surface area contributed by atoms with Crippen molar-refractivity contribution in [3.05, 3.63) is 18.2 Å². The van der Waals surface area contributed by atoms with Gasteiger partial charge in [-0.3, -0.25) is 0 Å². The van der Waals surface area contributed by atoms with Gasteiger partial charge >= 0.3 is 0 Å². The Morgan fingerprint density at radius 2 is 2.10 bits per heavy atom. The van der Waals surface area contributed by atoms with Gasteiger partial charge in [0, 0.05) is 38.6 Å². The fourth-order valence-corrected chi connectivity index (χ4v) is 3.84. The van der Waals surface area contributed by atoms with E-state index in [0.29, 0.717) is 19.1 Å². The Morgan fingerprint density at radius 3 is 2.60 bits per heavy atom. The van der Waals surface area contributed by atoms with Crippen LogP contribution in [0.1, 0.15) is 38.6 Å². The summed E-state index contributed by atoms with van der Waals surface area (Å²) in [6.45, 7) is 5.02. The van der Waals surface area contributed by atoms with Crippen LogP contribution >= 0.6 is 0 Å². The third-order valence-corrected chi connectivity index (χ3v) is 5.83. The van der Waals surface area contributed by atoms with E-state index in [1.807, 2.05) is 17.8 Å². The Hall–Kier alpha value is -0.920. The monoisotopic (exact) mass is 300 g/mol. The predicted octanol–water partition coefficient (Wildman–Crippen LogP) is 0.885. The first-order valence-corrected chi connectivity index (χ1v) is 8.76. The van der Waals surface area contributed by atoms with Crippen molar-refractivity contribution in [1.82, 2.24) is 19.2 Å². The topological polar surface area (TPSA) is 67.2 Å². The van der Waals surface area contributed by atoms with Crippen LogP contribution in [0, 0.1) is 0 Å². The highest BCUT2D eigenvalue weighted by Gasteiger charge is 2.27. The van der Waals surface area contributed by atoms with E-state index in [0.717, 1.165) is 18.7 Å². The first-order valence-electron chi connectivity index (χ1n) is 7.15. The zero-order valence-corrected chi connectivity index (χ0v) is 13.2. The van der Waals surface area contributed by atoms with Crippen molar-refractivity contribution in [3.8, 4) is 0 Å². The van der Waals surface area contributed by atoms with Crippen LogP contribution in [0.15, 0.2) is 12.4 Å². The van der Waals surface area contributed by atoms with Gasteiger partial charge in [0.05, 0.1) is 11.8 Å². The van der Waals surface area contributed by atoms with Crippen molar-refractivity contribution < 1.29 is 8.42 Å². The van der Waals surface area contributed by atoms with Crippen molar-refractivity contribution in [3.63, 3.8) is 0 Å². The molecule has 1 atom stereocenters. The Bertz CT molecular complexity index is 532. The second-order valence-electron chi connectivity index (χ2n) is 5.36. The zero-order valence-electron chi connectivity index (χ0n) is 12.4. The first kappa shape index (κ1) is 15.5. The second kappa shape index (κ2) is 6.24. The fraction of sp³-hybridized carbons (Fsp3) is 0.769. The summed E-state index contributed by atoms with van der Waals surface area (Å²) >= 11 is 0. The Labute approximate surface area is 121 Å². The molecule has 0 spiro atoms. The minimum absolute atomic E-state index is 0.175. The van der Waals surface area contributed by atoms with Crippen LogP contribution in [0.3, 0.4) is 0 Å². The molecule has 2 heterocycles. The van der Waals surface area contributed by atoms with Gasteiger partial charge in [0.25, 0.3) is 0 Å². The molecule has 1 aliphatic rings. The Morgan fingerprint density at radius 1 is 1.45 bits per heavy atom. The molecule has 1 aromatic heterocycles. The average molecular weight is 300 g/mol. The van der Waals surface area contributed by atoms with Gasteiger partial charge < -0.3 is 9.88 Å². The minimum Gasteiger partial charge on any atom is -0.337 e. The molecule has 0 aliphatic carbocycles. The molecular weight excluding hydrogens is 276 g/mol. The van der Waals surface area contributed by atoms with Gasteiger partial charge in [0.15, 0.2) is 0 Å². The molecule has 0 amide bonds. The molecule has 1 saturated heterocycles. The molecule has 0 saturated carbocycles. The molecule has 1 unspecified atom stereocenters. The molecular formula is C13H24N4O2S. The molecule has 6 nitrogen and oxygen atoms in total. The molecule has 1 fully saturated rings. The lowest BCUT2D eigenvalue weighted by molar-refractivity contribution is 0.274. The van der Waals surface area contributed by atoms with E-state index < -0.39 is 10.0 Å². The van der Waals surface area contributed by atoms with Gasteiger partial charge in [-0.05, 0) is 26.7 Å². The summed E-state index contributed by atoms with van der Waals surface area (Å²) in [5.41, 5.74) is 0. The van der Waals surface area contributed by atoms with Gasteiger partial charge in [0.1, 0.15) is 5.82 Å². The summed E-state index contributed by atoms with van der Waals surface area (Å²) in [5, 5.41) is 3.55. The van der Waals surface area contributed by atoms with Crippen LogP contribution in [0.2, 0.25) is 0 Å². The molecule has 2 rings (SSSR count). The van der Waals surface area contributed by atoms with Crippen molar-refractivity contribution in [1.29, 1.82) is 0 Å². The summed E-state index contributed by atoms with van der Waals surface area (Å²) in [6, 6.07) is 0.527. The normalized spacial score (nSPS) is 20.1. The predicted molar refractivity (Wildman–Crippen MR) is 78.8 cm³/mol. The Kier molecular flexibility index (Phi) is 4.82. The number of aromatic nitrogens is 2. The summed E-state index contributed by atoms with van der Waals surface area (Å²) < 4.78 is 27.2. The molecule has 7 heteroatoms. The lowest BCUT2D eigenvalue weighted by Crippen LogP contribution is -2.46. The van der Waals surface area contributed by atoms with Crippen LogP contribution < -0.4 is 5.32 Å². The number of aryl methyl sites for hydroxylation is 1. The van der Waals surface area contributed by atoms with E-state index in [1.165, 1.54) is 0 Å². The van der Waals surface area contributed by atoms with E-state index in [4.69, 9.17) is 0 Å². The molecule has 0 aromatic carbocycles. The van der Waals surface area contributed by atoms with Crippen molar-refractivity contribution in [2.24, 2.45) is 7.05 Å². The number of nitrogens with one attached hydrogen (secondary N) is 1. The third-order valence-electron chi connectivity index (χ3n) is 3.94. The second-order valence-corrected chi connectivity index (χ2v) is 7.62. The quantitative estimate of drug-likeness (QED) is 0.877. The number of hydrogen-bond donors (Lipinski definition) is 1. The number of rotatable bonds is 5. The number of hydrogen-bond acceptors (Lipinski definition) is 4. The number of imidazole rings is 1. The molecule has 0 bridgehead atoms. The maximum Gasteiger partial charge on any atom is 0.213 e. The summed E-state index contributed by atoms with van der Waals surface area (Å²) in [5.74, 6) is 1.20. The average Bonchev–Trinajstić information content (AvgIpc) is 2.85. The summed E-state index contributed by atoms with van der Waals surface area (Å²) in [4.78, 5) is 4.34. The maximum absolute atomic E-state index is 11.8.